The summed E-state index contributed by atoms with van der Waals surface area (Å²) >= 11 is 12.1. The molecule has 2 rings (SSSR count). The summed E-state index contributed by atoms with van der Waals surface area (Å²) in [7, 11) is 1.34. The van der Waals surface area contributed by atoms with E-state index < -0.39 is 34.0 Å². The number of nitrogens with zero attached hydrogens (tertiary/aromatic N) is 1. The number of methoxy groups -OCH3 is 1. The number of fused-ring (bicyclic) bond motifs is 1. The molecule has 2 atom stereocenters. The minimum atomic E-state index is -1.28. The van der Waals surface area contributed by atoms with Crippen LogP contribution in [0.3, 0.4) is 0 Å². The molecule has 10 heteroatoms. The molecule has 20 heavy (non-hydrogen) atoms. The number of halogens is 2. The highest BCUT2D eigenvalue weighted by Crippen LogP contribution is 2.40. The number of carbonyl (C=O) groups excluding carboxylic acids is 2. The number of hydrogen-bond acceptors (Lipinski definition) is 5. The molecule has 0 spiro atoms. The predicted molar refractivity (Wildman–Crippen MR) is 72.2 cm³/mol. The summed E-state index contributed by atoms with van der Waals surface area (Å²) in [6, 6.07) is -0.833. The number of carboxylic acid groups (broad SMARTS) is 1. The first kappa shape index (κ1) is 15.3. The average Bonchev–Trinajstić information content (AvgIpc) is 2.42. The van der Waals surface area contributed by atoms with Crippen LogP contribution < -0.4 is 5.32 Å². The van der Waals surface area contributed by atoms with Crippen LogP contribution in [0.25, 0.3) is 0 Å². The molecule has 0 aliphatic carbocycles. The number of ether oxygens (including phenoxy) is 1. The van der Waals surface area contributed by atoms with Crippen molar-refractivity contribution in [3.8, 4) is 0 Å². The normalized spacial score (nSPS) is 25.2. The maximum absolute atomic E-state index is 12.0. The van der Waals surface area contributed by atoms with Crippen LogP contribution in [0.4, 0.5) is 0 Å². The number of hydrogen-bond donors (Lipinski definition) is 2. The van der Waals surface area contributed by atoms with E-state index in [1.165, 1.54) is 18.9 Å². The summed E-state index contributed by atoms with van der Waals surface area (Å²) in [5, 5.41) is 11.1. The Hall–Kier alpha value is -1.12. The fourth-order valence-corrected chi connectivity index (χ4v) is 3.40. The summed E-state index contributed by atoms with van der Waals surface area (Å²) in [6.07, 6.45) is 0. The van der Waals surface area contributed by atoms with E-state index in [0.717, 1.165) is 4.90 Å². The maximum Gasteiger partial charge on any atom is 0.356 e. The molecule has 2 aliphatic heterocycles. The Balaban J connectivity index is 2.19. The smallest absolute Gasteiger partial charge is 0.356 e. The van der Waals surface area contributed by atoms with Gasteiger partial charge >= 0.3 is 5.97 Å². The molecule has 0 bridgehead atoms. The summed E-state index contributed by atoms with van der Waals surface area (Å²) in [5.74, 6) is -1.96. The first-order valence-electron chi connectivity index (χ1n) is 5.42. The van der Waals surface area contributed by atoms with Gasteiger partial charge in [0.2, 0.25) is 0 Å². The van der Waals surface area contributed by atoms with E-state index in [9.17, 15) is 14.4 Å². The van der Waals surface area contributed by atoms with Gasteiger partial charge < -0.3 is 15.2 Å². The van der Waals surface area contributed by atoms with Crippen molar-refractivity contribution in [3.05, 3.63) is 11.5 Å². The fraction of sp³-hybridized carbons (Fsp3) is 0.500. The molecule has 0 radical (unpaired) electrons. The van der Waals surface area contributed by atoms with Crippen LogP contribution in [-0.2, 0) is 19.1 Å². The second kappa shape index (κ2) is 5.71. The number of amides is 2. The van der Waals surface area contributed by atoms with Crippen LogP contribution in [0.15, 0.2) is 11.5 Å². The first-order valence-corrected chi connectivity index (χ1v) is 7.34. The predicted octanol–water partition coefficient (Wildman–Crippen LogP) is 0.133. The van der Waals surface area contributed by atoms with Gasteiger partial charge in [0.05, 0.1) is 12.9 Å². The number of carboxylic acids is 1. The Bertz CT molecular complexity index is 510. The third kappa shape index (κ3) is 2.43. The minimum absolute atomic E-state index is 0.194. The Kier molecular flexibility index (Phi) is 4.36. The number of nitrogens with one attached hydrogen (secondary N) is 1. The number of rotatable bonds is 4. The van der Waals surface area contributed by atoms with Gasteiger partial charge in [-0.25, -0.2) is 4.79 Å². The highest BCUT2D eigenvalue weighted by molar-refractivity contribution is 8.00. The summed E-state index contributed by atoms with van der Waals surface area (Å²) < 4.78 is 4.98. The van der Waals surface area contributed by atoms with Crippen molar-refractivity contribution in [3.63, 3.8) is 0 Å². The highest BCUT2D eigenvalue weighted by Gasteiger charge is 2.54. The van der Waals surface area contributed by atoms with Crippen molar-refractivity contribution in [2.75, 3.05) is 12.9 Å². The number of aliphatic carboxylic acids is 1. The fourth-order valence-electron chi connectivity index (χ4n) is 1.96. The van der Waals surface area contributed by atoms with E-state index in [2.05, 4.69) is 5.32 Å². The molecule has 2 aliphatic rings. The zero-order valence-electron chi connectivity index (χ0n) is 10.1. The second-order valence-electron chi connectivity index (χ2n) is 3.98. The van der Waals surface area contributed by atoms with Crippen molar-refractivity contribution in [1.82, 2.24) is 10.2 Å². The SMILES string of the molecule is COC1=C(C(=O)O)N2C(=O)[C@@H](NC(=O)C(Cl)Cl)[C@@H]2SC1. The van der Waals surface area contributed by atoms with E-state index in [0.29, 0.717) is 5.75 Å². The van der Waals surface area contributed by atoms with Crippen molar-refractivity contribution in [1.29, 1.82) is 0 Å². The Morgan fingerprint density at radius 3 is 2.70 bits per heavy atom. The molecule has 7 nitrogen and oxygen atoms in total. The standard InChI is InChI=1S/C10H10Cl2N2O5S/c1-19-3-2-20-9-4(13-7(15)6(11)12)8(16)14(9)5(3)10(17)18/h4,6,9H,2H2,1H3,(H,13,15)(H,17,18)/t4-,9+/m1/s1. The molecule has 0 unspecified atom stereocenters. The Labute approximate surface area is 128 Å². The van der Waals surface area contributed by atoms with Crippen molar-refractivity contribution < 1.29 is 24.2 Å². The average molecular weight is 341 g/mol. The second-order valence-corrected chi connectivity index (χ2v) is 6.18. The molecule has 2 amide bonds. The summed E-state index contributed by atoms with van der Waals surface area (Å²) in [4.78, 5) is 34.4. The molecule has 110 valence electrons. The molecule has 0 aromatic rings. The monoisotopic (exact) mass is 340 g/mol. The zero-order valence-corrected chi connectivity index (χ0v) is 12.5. The van der Waals surface area contributed by atoms with Gasteiger partial charge in [-0.05, 0) is 0 Å². The van der Waals surface area contributed by atoms with E-state index >= 15 is 0 Å². The largest absolute Gasteiger partial charge is 0.498 e. The quantitative estimate of drug-likeness (QED) is 0.558. The van der Waals surface area contributed by atoms with Crippen LogP contribution in [-0.4, -0.2) is 56.9 Å². The topological polar surface area (TPSA) is 95.9 Å². The van der Waals surface area contributed by atoms with Crippen LogP contribution in [0.5, 0.6) is 0 Å². The molecule has 0 aromatic carbocycles. The highest BCUT2D eigenvalue weighted by atomic mass is 35.5. The Morgan fingerprint density at radius 1 is 1.55 bits per heavy atom. The van der Waals surface area contributed by atoms with Gasteiger partial charge in [0, 0.05) is 0 Å². The van der Waals surface area contributed by atoms with Gasteiger partial charge in [-0.3, -0.25) is 14.5 Å². The lowest BCUT2D eigenvalue weighted by atomic mass is 10.0. The van der Waals surface area contributed by atoms with Gasteiger partial charge in [-0.2, -0.15) is 0 Å². The number of thioether (sulfide) groups is 1. The molecule has 1 saturated heterocycles. The molecule has 2 N–H and O–H groups in total. The first-order chi connectivity index (χ1) is 9.38. The number of β-lactam (4-membered cyclic amide) rings is 1. The van der Waals surface area contributed by atoms with Crippen LogP contribution in [0.1, 0.15) is 0 Å². The zero-order chi connectivity index (χ0) is 15.0. The van der Waals surface area contributed by atoms with Crippen LogP contribution in [0, 0.1) is 0 Å². The van der Waals surface area contributed by atoms with Crippen molar-refractivity contribution >= 4 is 52.7 Å². The molecule has 0 aromatic heterocycles. The Morgan fingerprint density at radius 2 is 2.20 bits per heavy atom. The van der Waals surface area contributed by atoms with Gasteiger partial charge in [0.1, 0.15) is 17.2 Å². The summed E-state index contributed by atoms with van der Waals surface area (Å²) in [5.41, 5.74) is -0.194. The molecule has 1 fully saturated rings. The molecule has 2 heterocycles. The van der Waals surface area contributed by atoms with E-state index in [-0.39, 0.29) is 11.5 Å². The van der Waals surface area contributed by atoms with Gasteiger partial charge in [0.15, 0.2) is 10.5 Å². The maximum atomic E-state index is 12.0. The summed E-state index contributed by atoms with van der Waals surface area (Å²) in [6.45, 7) is 0. The molecular formula is C10H10Cl2N2O5S. The van der Waals surface area contributed by atoms with E-state index in [1.54, 1.807) is 0 Å². The molecular weight excluding hydrogens is 331 g/mol. The van der Waals surface area contributed by atoms with Gasteiger partial charge in [-0.15, -0.1) is 11.8 Å². The molecule has 0 saturated carbocycles. The van der Waals surface area contributed by atoms with Gasteiger partial charge in [0.25, 0.3) is 11.8 Å². The lowest BCUT2D eigenvalue weighted by molar-refractivity contribution is -0.151. The van der Waals surface area contributed by atoms with Crippen molar-refractivity contribution in [2.45, 2.75) is 16.3 Å². The lowest BCUT2D eigenvalue weighted by Crippen LogP contribution is -2.71. The number of alkyl halides is 2. The third-order valence-electron chi connectivity index (χ3n) is 2.88. The van der Waals surface area contributed by atoms with Gasteiger partial charge in [-0.1, -0.05) is 23.2 Å². The van der Waals surface area contributed by atoms with Crippen molar-refractivity contribution in [2.24, 2.45) is 0 Å². The van der Waals surface area contributed by atoms with Crippen LogP contribution in [0.2, 0.25) is 0 Å². The number of carbonyl (C=O) groups is 3. The minimum Gasteiger partial charge on any atom is -0.498 e. The third-order valence-corrected chi connectivity index (χ3v) is 4.53. The lowest BCUT2D eigenvalue weighted by Gasteiger charge is -2.48. The van der Waals surface area contributed by atoms with Crippen LogP contribution >= 0.6 is 35.0 Å². The van der Waals surface area contributed by atoms with E-state index in [4.69, 9.17) is 33.0 Å². The van der Waals surface area contributed by atoms with E-state index in [1.807, 2.05) is 0 Å².